The largest absolute Gasteiger partial charge is 0.309 e. The van der Waals surface area contributed by atoms with E-state index in [9.17, 15) is 0 Å². The van der Waals surface area contributed by atoms with E-state index in [0.717, 1.165) is 105 Å². The molecular weight excluding hydrogens is 1490 g/mol. The highest BCUT2D eigenvalue weighted by atomic mass is 31.2. The van der Waals surface area contributed by atoms with E-state index in [1.165, 1.54) is 66.7 Å². The summed E-state index contributed by atoms with van der Waals surface area (Å²) in [6.45, 7) is 7.98. The summed E-state index contributed by atoms with van der Waals surface area (Å²) in [6, 6.07) is 108. The molecule has 2 spiro atoms. The molecule has 20 rings (SSSR count). The van der Waals surface area contributed by atoms with E-state index in [4.69, 9.17) is 0 Å². The standard InChI is InChI=1S/C102H70F4O4P4/c1-63-25-5-19-39-93(63)111(107,94-40-20-6-26-64(94)2)69-47-51-77-73-28-8-12-32-81(73)101(85(77)59-69)82-33-13-9-29-74(82)78-52-48-70(60-86(78)101)112(108,95-41-21-7-27-65(95)3)96-55-45-67(57-66(96)4)68-46-56-100(92(106)58-68)114(110,99-44-24-18-38-91(99)105)72-50-54-80-76-31-11-15-35-84(76)102(88(80)62-72)83-34-14-10-30-75(83)79-53-49-71(61-87(79)102)113(109,97-42-22-16-36-89(97)103)98-43-23-17-37-90(98)104/h5-62H,1-4H3. The zero-order valence-electron chi connectivity index (χ0n) is 62.4. The molecule has 0 amide bonds. The minimum atomic E-state index is -4.59. The van der Waals surface area contributed by atoms with Gasteiger partial charge in [-0.3, -0.25) is 0 Å². The van der Waals surface area contributed by atoms with Crippen LogP contribution in [0.1, 0.15) is 66.8 Å². The van der Waals surface area contributed by atoms with E-state index >= 15 is 35.8 Å². The lowest BCUT2D eigenvalue weighted by Gasteiger charge is -2.32. The molecule has 12 heteroatoms. The van der Waals surface area contributed by atoms with Crippen molar-refractivity contribution in [1.82, 2.24) is 0 Å². The Morgan fingerprint density at radius 3 is 0.711 bits per heavy atom. The van der Waals surface area contributed by atoms with Gasteiger partial charge < -0.3 is 18.3 Å². The van der Waals surface area contributed by atoms with Gasteiger partial charge in [-0.25, -0.2) is 17.6 Å². The molecule has 4 nitrogen and oxygen atoms in total. The zero-order valence-corrected chi connectivity index (χ0v) is 66.0. The molecule has 0 saturated carbocycles. The van der Waals surface area contributed by atoms with Crippen molar-refractivity contribution in [3.05, 3.63) is 442 Å². The van der Waals surface area contributed by atoms with Gasteiger partial charge in [0.2, 0.25) is 0 Å². The Hall–Kier alpha value is -11.8. The van der Waals surface area contributed by atoms with Crippen LogP contribution in [0, 0.1) is 51.0 Å². The summed E-state index contributed by atoms with van der Waals surface area (Å²) in [5, 5.41) is 3.74. The van der Waals surface area contributed by atoms with E-state index < -0.39 is 62.7 Å². The minimum absolute atomic E-state index is 0.150. The van der Waals surface area contributed by atoms with Gasteiger partial charge in [0.05, 0.1) is 32.0 Å². The number of hydrogen-bond donors (Lipinski definition) is 0. The SMILES string of the molecule is Cc1ccccc1P(=O)(c1ccc2c(c1)C1(c3ccccc3-2)c2ccccc2-c2ccc(P(=O)(c3ccccc3C)c3ccc(-c4ccc(P(=O)(c5ccc6c(c5)C5(c7ccccc7-c7ccc(P(=O)(c8ccccc8F)c8ccccc8F)cc75)c5ccccc5-6)c5ccccc5F)c(F)c4)cc3C)cc21)c1ccccc1C. The van der Waals surface area contributed by atoms with Gasteiger partial charge in [0.15, 0.2) is 28.6 Å². The molecule has 0 aromatic heterocycles. The molecule has 16 aromatic rings. The fraction of sp³-hybridized carbons (Fsp3) is 0.0588. The van der Waals surface area contributed by atoms with Crippen LogP contribution in [0.2, 0.25) is 0 Å². The van der Waals surface area contributed by atoms with Crippen molar-refractivity contribution in [2.75, 3.05) is 0 Å². The van der Waals surface area contributed by atoms with Crippen molar-refractivity contribution in [1.29, 1.82) is 0 Å². The minimum Gasteiger partial charge on any atom is -0.309 e. The fourth-order valence-corrected chi connectivity index (χ4v) is 31.4. The van der Waals surface area contributed by atoms with Gasteiger partial charge >= 0.3 is 0 Å². The molecule has 0 N–H and O–H groups in total. The summed E-state index contributed by atoms with van der Waals surface area (Å²) in [5.41, 5.74) is 16.6. The van der Waals surface area contributed by atoms with E-state index in [1.807, 2.05) is 198 Å². The summed E-state index contributed by atoms with van der Waals surface area (Å²) in [5.74, 6) is -3.14. The molecule has 4 unspecified atom stereocenters. The van der Waals surface area contributed by atoms with Crippen LogP contribution < -0.4 is 63.7 Å². The van der Waals surface area contributed by atoms with Gasteiger partial charge in [-0.15, -0.1) is 0 Å². The molecule has 0 saturated heterocycles. The molecule has 0 radical (unpaired) electrons. The van der Waals surface area contributed by atoms with Crippen molar-refractivity contribution in [3.63, 3.8) is 0 Å². The Kier molecular flexibility index (Phi) is 16.5. The maximum Gasteiger partial charge on any atom is 0.176 e. The van der Waals surface area contributed by atoms with Crippen molar-refractivity contribution < 1.29 is 35.8 Å². The smallest absolute Gasteiger partial charge is 0.176 e. The first-order valence-corrected chi connectivity index (χ1v) is 44.9. The summed E-state index contributed by atoms with van der Waals surface area (Å²) in [4.78, 5) is 0. The summed E-state index contributed by atoms with van der Waals surface area (Å²) in [7, 11) is -16.4. The predicted molar refractivity (Wildman–Crippen MR) is 461 cm³/mol. The van der Waals surface area contributed by atoms with Gasteiger partial charge in [-0.2, -0.15) is 0 Å². The monoisotopic (exact) mass is 1560 g/mol. The van der Waals surface area contributed by atoms with Crippen molar-refractivity contribution in [3.8, 4) is 55.6 Å². The van der Waals surface area contributed by atoms with Gasteiger partial charge in [0, 0.05) is 42.4 Å². The second-order valence-electron chi connectivity index (χ2n) is 30.4. The molecule has 114 heavy (non-hydrogen) atoms. The molecule has 16 aromatic carbocycles. The van der Waals surface area contributed by atoms with E-state index in [0.29, 0.717) is 49.0 Å². The molecule has 4 aliphatic rings. The van der Waals surface area contributed by atoms with Crippen molar-refractivity contribution in [2.24, 2.45) is 0 Å². The number of hydrogen-bond acceptors (Lipinski definition) is 4. The van der Waals surface area contributed by atoms with Crippen LogP contribution in [0.3, 0.4) is 0 Å². The van der Waals surface area contributed by atoms with Crippen LogP contribution >= 0.6 is 28.6 Å². The fourth-order valence-electron chi connectivity index (χ4n) is 19.6. The van der Waals surface area contributed by atoms with E-state index in [2.05, 4.69) is 78.9 Å². The third kappa shape index (κ3) is 9.85. The number of benzene rings is 16. The number of aryl methyl sites for hydroxylation is 4. The molecular formula is C102H70F4O4P4. The number of fused-ring (bicyclic) bond motifs is 20. The van der Waals surface area contributed by atoms with Crippen LogP contribution in [-0.4, -0.2) is 0 Å². The zero-order chi connectivity index (χ0) is 78.0. The highest BCUT2D eigenvalue weighted by Crippen LogP contribution is 2.66. The van der Waals surface area contributed by atoms with Crippen molar-refractivity contribution >= 4 is 92.2 Å². The summed E-state index contributed by atoms with van der Waals surface area (Å²) < 4.78 is 137. The molecule has 4 aliphatic carbocycles. The normalized spacial score (nSPS) is 16.2. The lowest BCUT2D eigenvalue weighted by Crippen LogP contribution is -2.32. The van der Waals surface area contributed by atoms with Crippen LogP contribution in [0.4, 0.5) is 17.6 Å². The third-order valence-electron chi connectivity index (χ3n) is 24.7. The van der Waals surface area contributed by atoms with Crippen molar-refractivity contribution in [2.45, 2.75) is 38.5 Å². The maximum absolute atomic E-state index is 18.4. The summed E-state index contributed by atoms with van der Waals surface area (Å²) in [6.07, 6.45) is 0. The quantitative estimate of drug-likeness (QED) is 0.0852. The third-order valence-corrected chi connectivity index (χ3v) is 37.6. The Bertz CT molecular complexity index is 6520. The molecule has 4 atom stereocenters. The predicted octanol–water partition coefficient (Wildman–Crippen LogP) is 20.4. The molecule has 0 heterocycles. The Morgan fingerprint density at radius 2 is 0.421 bits per heavy atom. The Morgan fingerprint density at radius 1 is 0.193 bits per heavy atom. The van der Waals surface area contributed by atoms with Crippen LogP contribution in [-0.2, 0) is 29.1 Å². The topological polar surface area (TPSA) is 68.3 Å². The molecule has 0 fully saturated rings. The molecule has 0 bridgehead atoms. The Balaban J connectivity index is 0.725. The average molecular weight is 1560 g/mol. The molecule has 550 valence electrons. The average Bonchev–Trinajstić information content (AvgIpc) is 1.51. The lowest BCUT2D eigenvalue weighted by molar-refractivity contribution is 0.584. The highest BCUT2D eigenvalue weighted by Gasteiger charge is 2.56. The number of rotatable bonds is 13. The van der Waals surface area contributed by atoms with Crippen LogP contribution in [0.25, 0.3) is 55.6 Å². The van der Waals surface area contributed by atoms with Gasteiger partial charge in [-0.05, 0) is 229 Å². The lowest BCUT2D eigenvalue weighted by atomic mass is 9.70. The van der Waals surface area contributed by atoms with Gasteiger partial charge in [-0.1, -0.05) is 273 Å². The second-order valence-corrected chi connectivity index (χ2v) is 41.2. The first-order chi connectivity index (χ1) is 55.4. The Labute approximate surface area is 659 Å². The number of halogens is 4. The summed E-state index contributed by atoms with van der Waals surface area (Å²) >= 11 is 0. The maximum atomic E-state index is 18.4. The van der Waals surface area contributed by atoms with E-state index in [1.54, 1.807) is 36.4 Å². The first-order valence-electron chi connectivity index (χ1n) is 38.1. The second kappa shape index (κ2) is 26.4. The van der Waals surface area contributed by atoms with E-state index in [-0.39, 0.29) is 31.8 Å². The van der Waals surface area contributed by atoms with Crippen LogP contribution in [0.15, 0.2) is 352 Å². The van der Waals surface area contributed by atoms with Gasteiger partial charge in [0.25, 0.3) is 0 Å². The molecule has 0 aliphatic heterocycles. The van der Waals surface area contributed by atoms with Gasteiger partial charge in [0.1, 0.15) is 23.3 Å². The first kappa shape index (κ1) is 71.2. The van der Waals surface area contributed by atoms with Crippen LogP contribution in [0.5, 0.6) is 0 Å². The highest BCUT2D eigenvalue weighted by molar-refractivity contribution is 7.86.